The van der Waals surface area contributed by atoms with Gasteiger partial charge in [-0.2, -0.15) is 5.26 Å². The molecule has 3 rings (SSSR count). The molecule has 25 heavy (non-hydrogen) atoms. The van der Waals surface area contributed by atoms with E-state index in [0.29, 0.717) is 23.6 Å². The van der Waals surface area contributed by atoms with Crippen molar-refractivity contribution in [1.82, 2.24) is 14.8 Å². The summed E-state index contributed by atoms with van der Waals surface area (Å²) in [6.45, 7) is 2.60. The summed E-state index contributed by atoms with van der Waals surface area (Å²) in [5.41, 5.74) is 1.33. The molecule has 6 nitrogen and oxygen atoms in total. The lowest BCUT2D eigenvalue weighted by molar-refractivity contribution is -0.134. The van der Waals surface area contributed by atoms with Gasteiger partial charge in [0.05, 0.1) is 5.57 Å². The maximum atomic E-state index is 11.3. The molecule has 6 heteroatoms. The third-order valence-corrected chi connectivity index (χ3v) is 4.18. The minimum Gasteiger partial charge on any atom is -0.427 e. The van der Waals surface area contributed by atoms with E-state index in [1.807, 2.05) is 12.1 Å². The normalized spacial score (nSPS) is 14.3. The van der Waals surface area contributed by atoms with Crippen molar-refractivity contribution in [1.29, 1.82) is 5.26 Å². The van der Waals surface area contributed by atoms with Gasteiger partial charge in [0, 0.05) is 19.4 Å². The predicted octanol–water partition coefficient (Wildman–Crippen LogP) is 3.38. The average Bonchev–Trinajstić information content (AvgIpc) is 2.88. The number of rotatable bonds is 4. The van der Waals surface area contributed by atoms with Crippen molar-refractivity contribution in [3.8, 4) is 11.8 Å². The number of carbonyl (C=O) groups is 1. The van der Waals surface area contributed by atoms with E-state index in [2.05, 4.69) is 20.8 Å². The smallest absolute Gasteiger partial charge is 0.310 e. The summed E-state index contributed by atoms with van der Waals surface area (Å²) in [7, 11) is 0. The molecule has 0 amide bonds. The Balaban J connectivity index is 1.85. The number of nitriles is 1. The van der Waals surface area contributed by atoms with Crippen molar-refractivity contribution in [2.75, 3.05) is 0 Å². The van der Waals surface area contributed by atoms with Crippen LogP contribution in [-0.4, -0.2) is 20.7 Å². The number of fused-ring (bicyclic) bond motifs is 1. The van der Waals surface area contributed by atoms with Gasteiger partial charge in [0.25, 0.3) is 0 Å². The van der Waals surface area contributed by atoms with Crippen LogP contribution in [0.25, 0.3) is 11.6 Å². The molecule has 1 aromatic heterocycles. The van der Waals surface area contributed by atoms with E-state index >= 15 is 0 Å². The molecule has 1 aromatic carbocycles. The maximum Gasteiger partial charge on any atom is 0.310 e. The van der Waals surface area contributed by atoms with Gasteiger partial charge in [0.1, 0.15) is 17.6 Å². The van der Waals surface area contributed by atoms with Crippen molar-refractivity contribution >= 4 is 17.6 Å². The van der Waals surface area contributed by atoms with Crippen molar-refractivity contribution in [3.63, 3.8) is 0 Å². The standard InChI is InChI=1S/C19H20N4O2/c1-2-18(24)25-16-9-7-14(8-10-16)12-15(13-20)19-22-21-17-6-4-3-5-11-23(17)19/h7-10,12H,2-6,11H2,1H3/b15-12+. The topological polar surface area (TPSA) is 80.8 Å². The monoisotopic (exact) mass is 336 g/mol. The predicted molar refractivity (Wildman–Crippen MR) is 93.4 cm³/mol. The summed E-state index contributed by atoms with van der Waals surface area (Å²) in [5, 5.41) is 18.0. The van der Waals surface area contributed by atoms with Gasteiger partial charge in [-0.3, -0.25) is 4.79 Å². The van der Waals surface area contributed by atoms with Gasteiger partial charge in [-0.05, 0) is 36.6 Å². The highest BCUT2D eigenvalue weighted by atomic mass is 16.5. The molecule has 0 N–H and O–H groups in total. The minimum atomic E-state index is -0.271. The van der Waals surface area contributed by atoms with Crippen LogP contribution in [0.4, 0.5) is 0 Å². The first-order chi connectivity index (χ1) is 12.2. The Morgan fingerprint density at radius 2 is 2.08 bits per heavy atom. The highest BCUT2D eigenvalue weighted by molar-refractivity contribution is 5.87. The lowest BCUT2D eigenvalue weighted by Gasteiger charge is -2.06. The van der Waals surface area contributed by atoms with Crippen LogP contribution in [0.5, 0.6) is 5.75 Å². The van der Waals surface area contributed by atoms with Crippen molar-refractivity contribution in [2.24, 2.45) is 0 Å². The second-order valence-corrected chi connectivity index (χ2v) is 5.97. The fourth-order valence-electron chi connectivity index (χ4n) is 2.83. The van der Waals surface area contributed by atoms with Crippen LogP contribution in [0.2, 0.25) is 0 Å². The number of aryl methyl sites for hydroxylation is 1. The summed E-state index contributed by atoms with van der Waals surface area (Å²) < 4.78 is 7.21. The molecular formula is C19H20N4O2. The molecule has 1 aliphatic heterocycles. The van der Waals surface area contributed by atoms with Crippen LogP contribution in [0, 0.1) is 11.3 Å². The summed E-state index contributed by atoms with van der Waals surface area (Å²) in [6, 6.07) is 9.30. The van der Waals surface area contributed by atoms with Gasteiger partial charge in [-0.25, -0.2) is 0 Å². The molecule has 2 heterocycles. The van der Waals surface area contributed by atoms with Gasteiger partial charge in [-0.1, -0.05) is 25.5 Å². The molecule has 0 radical (unpaired) electrons. The molecule has 0 aliphatic carbocycles. The van der Waals surface area contributed by atoms with Crippen LogP contribution in [0.15, 0.2) is 24.3 Å². The zero-order chi connectivity index (χ0) is 17.6. The Morgan fingerprint density at radius 3 is 2.80 bits per heavy atom. The van der Waals surface area contributed by atoms with E-state index in [1.165, 1.54) is 6.42 Å². The van der Waals surface area contributed by atoms with Crippen LogP contribution in [0.1, 0.15) is 49.8 Å². The second kappa shape index (κ2) is 7.75. The first-order valence-corrected chi connectivity index (χ1v) is 8.56. The van der Waals surface area contributed by atoms with E-state index in [-0.39, 0.29) is 5.97 Å². The van der Waals surface area contributed by atoms with Gasteiger partial charge >= 0.3 is 5.97 Å². The number of hydrogen-bond donors (Lipinski definition) is 0. The molecule has 0 fully saturated rings. The summed E-state index contributed by atoms with van der Waals surface area (Å²) in [4.78, 5) is 11.3. The van der Waals surface area contributed by atoms with E-state index in [0.717, 1.165) is 37.2 Å². The van der Waals surface area contributed by atoms with Gasteiger partial charge < -0.3 is 9.30 Å². The molecule has 128 valence electrons. The zero-order valence-electron chi connectivity index (χ0n) is 14.2. The van der Waals surface area contributed by atoms with Gasteiger partial charge in [-0.15, -0.1) is 10.2 Å². The number of hydrogen-bond acceptors (Lipinski definition) is 5. The Kier molecular flexibility index (Phi) is 5.24. The van der Waals surface area contributed by atoms with Crippen LogP contribution >= 0.6 is 0 Å². The fraction of sp³-hybridized carbons (Fsp3) is 0.368. The van der Waals surface area contributed by atoms with Crippen LogP contribution < -0.4 is 4.74 Å². The highest BCUT2D eigenvalue weighted by Crippen LogP contribution is 2.22. The van der Waals surface area contributed by atoms with Crippen molar-refractivity contribution in [3.05, 3.63) is 41.5 Å². The molecule has 0 bridgehead atoms. The molecular weight excluding hydrogens is 316 g/mol. The summed E-state index contributed by atoms with van der Waals surface area (Å²) in [6.07, 6.45) is 6.39. The van der Waals surface area contributed by atoms with Crippen molar-refractivity contribution in [2.45, 2.75) is 45.6 Å². The van der Waals surface area contributed by atoms with E-state index in [4.69, 9.17) is 4.74 Å². The Hall–Kier alpha value is -2.94. The molecule has 0 saturated carbocycles. The number of benzene rings is 1. The van der Waals surface area contributed by atoms with Gasteiger partial charge in [0.2, 0.25) is 0 Å². The molecule has 0 unspecified atom stereocenters. The molecule has 0 spiro atoms. The third-order valence-electron chi connectivity index (χ3n) is 4.18. The number of ether oxygens (including phenoxy) is 1. The van der Waals surface area contributed by atoms with E-state index in [1.54, 1.807) is 25.1 Å². The Labute approximate surface area is 146 Å². The first kappa shape index (κ1) is 16.9. The number of aromatic nitrogens is 3. The largest absolute Gasteiger partial charge is 0.427 e. The van der Waals surface area contributed by atoms with Crippen molar-refractivity contribution < 1.29 is 9.53 Å². The van der Waals surface area contributed by atoms with Crippen LogP contribution in [0.3, 0.4) is 0 Å². The zero-order valence-corrected chi connectivity index (χ0v) is 14.2. The maximum absolute atomic E-state index is 11.3. The quantitative estimate of drug-likeness (QED) is 0.486. The summed E-state index contributed by atoms with van der Waals surface area (Å²) >= 11 is 0. The summed E-state index contributed by atoms with van der Waals surface area (Å²) in [5.74, 6) is 1.81. The lowest BCUT2D eigenvalue weighted by atomic mass is 10.1. The number of esters is 1. The van der Waals surface area contributed by atoms with E-state index < -0.39 is 0 Å². The minimum absolute atomic E-state index is 0.271. The van der Waals surface area contributed by atoms with Crippen LogP contribution in [-0.2, 0) is 17.8 Å². The molecule has 2 aromatic rings. The number of carbonyl (C=O) groups excluding carboxylic acids is 1. The SMILES string of the molecule is CCC(=O)Oc1ccc(/C=C(\C#N)c2nnc3n2CCCCC3)cc1. The number of allylic oxidation sites excluding steroid dienone is 1. The fourth-order valence-corrected chi connectivity index (χ4v) is 2.83. The first-order valence-electron chi connectivity index (χ1n) is 8.56. The van der Waals surface area contributed by atoms with Gasteiger partial charge in [0.15, 0.2) is 5.82 Å². The third kappa shape index (κ3) is 3.94. The Morgan fingerprint density at radius 1 is 1.28 bits per heavy atom. The molecule has 1 aliphatic rings. The Bertz CT molecular complexity index is 828. The highest BCUT2D eigenvalue weighted by Gasteiger charge is 2.17. The molecule has 0 atom stereocenters. The lowest BCUT2D eigenvalue weighted by Crippen LogP contribution is -2.05. The van der Waals surface area contributed by atoms with E-state index in [9.17, 15) is 10.1 Å². The average molecular weight is 336 g/mol. The number of nitrogens with zero attached hydrogens (tertiary/aromatic N) is 4. The molecule has 0 saturated heterocycles. The second-order valence-electron chi connectivity index (χ2n) is 5.97.